The van der Waals surface area contributed by atoms with Crippen LogP contribution in [-0.2, 0) is 9.31 Å². The van der Waals surface area contributed by atoms with Crippen LogP contribution in [0.5, 0.6) is 0 Å². The molecule has 2 aliphatic rings. The van der Waals surface area contributed by atoms with Gasteiger partial charge in [0.05, 0.1) is 11.2 Å². The van der Waals surface area contributed by atoms with Gasteiger partial charge in [-0.05, 0) is 39.2 Å². The molecule has 0 N–H and O–H groups in total. The van der Waals surface area contributed by atoms with Crippen LogP contribution in [0.1, 0.15) is 51.9 Å². The lowest BCUT2D eigenvalue weighted by Gasteiger charge is -2.32. The van der Waals surface area contributed by atoms with Gasteiger partial charge in [-0.25, -0.2) is 0 Å². The third-order valence-corrected chi connectivity index (χ3v) is 4.88. The lowest BCUT2D eigenvalue weighted by Crippen LogP contribution is -2.41. The van der Waals surface area contributed by atoms with Gasteiger partial charge in [-0.2, -0.15) is 0 Å². The molecule has 102 valence electrons. The number of benzene rings is 1. The standard InChI is InChI=1S/C16H23BO2/c1-15(2)16(3,4)19-17(18-15)14(13-10-11-13)12-8-6-5-7-9-12/h5-9,13-14H,10-11H2,1-4H3. The smallest absolute Gasteiger partial charge is 0.403 e. The number of rotatable bonds is 3. The quantitative estimate of drug-likeness (QED) is 0.767. The third kappa shape index (κ3) is 2.34. The zero-order chi connectivity index (χ0) is 13.7. The second-order valence-electron chi connectivity index (χ2n) is 6.90. The van der Waals surface area contributed by atoms with E-state index in [9.17, 15) is 0 Å². The van der Waals surface area contributed by atoms with E-state index in [1.54, 1.807) is 0 Å². The fourth-order valence-corrected chi connectivity index (χ4v) is 2.82. The van der Waals surface area contributed by atoms with Gasteiger partial charge in [0.1, 0.15) is 0 Å². The van der Waals surface area contributed by atoms with E-state index in [-0.39, 0.29) is 18.3 Å². The van der Waals surface area contributed by atoms with Crippen molar-refractivity contribution in [3.05, 3.63) is 35.9 Å². The van der Waals surface area contributed by atoms with Crippen LogP contribution in [0, 0.1) is 5.92 Å². The molecule has 19 heavy (non-hydrogen) atoms. The molecule has 1 unspecified atom stereocenters. The second-order valence-corrected chi connectivity index (χ2v) is 6.90. The number of hydrogen-bond donors (Lipinski definition) is 0. The van der Waals surface area contributed by atoms with Crippen LogP contribution in [0.2, 0.25) is 0 Å². The summed E-state index contributed by atoms with van der Waals surface area (Å²) in [5, 5.41) is 0. The molecule has 1 saturated heterocycles. The Morgan fingerprint density at radius 3 is 2.00 bits per heavy atom. The van der Waals surface area contributed by atoms with Crippen molar-refractivity contribution in [3.8, 4) is 0 Å². The minimum absolute atomic E-state index is 0.111. The van der Waals surface area contributed by atoms with Gasteiger partial charge in [0, 0.05) is 5.82 Å². The zero-order valence-electron chi connectivity index (χ0n) is 12.3. The first-order valence-corrected chi connectivity index (χ1v) is 7.31. The average Bonchev–Trinajstić information content (AvgIpc) is 3.10. The van der Waals surface area contributed by atoms with Gasteiger partial charge < -0.3 is 9.31 Å². The molecule has 1 aliphatic carbocycles. The van der Waals surface area contributed by atoms with Gasteiger partial charge >= 0.3 is 7.12 Å². The van der Waals surface area contributed by atoms with Crippen molar-refractivity contribution in [2.75, 3.05) is 0 Å². The van der Waals surface area contributed by atoms with Crippen LogP contribution < -0.4 is 0 Å². The Morgan fingerprint density at radius 1 is 1.00 bits per heavy atom. The van der Waals surface area contributed by atoms with Gasteiger partial charge in [0.15, 0.2) is 0 Å². The van der Waals surface area contributed by atoms with Crippen molar-refractivity contribution in [2.24, 2.45) is 5.92 Å². The third-order valence-electron chi connectivity index (χ3n) is 4.88. The van der Waals surface area contributed by atoms with Crippen LogP contribution in [0.25, 0.3) is 0 Å². The Kier molecular flexibility index (Phi) is 3.03. The molecule has 1 aromatic rings. The number of hydrogen-bond acceptors (Lipinski definition) is 2. The summed E-state index contributed by atoms with van der Waals surface area (Å²) in [5.74, 6) is 1.10. The molecule has 0 bridgehead atoms. The van der Waals surface area contributed by atoms with E-state index in [4.69, 9.17) is 9.31 Å². The molecule has 1 aromatic carbocycles. The van der Waals surface area contributed by atoms with E-state index in [1.807, 2.05) is 0 Å². The van der Waals surface area contributed by atoms with Crippen LogP contribution in [-0.4, -0.2) is 18.3 Å². The first-order valence-electron chi connectivity index (χ1n) is 7.31. The Bertz CT molecular complexity index is 435. The SMILES string of the molecule is CC1(C)OB(C(c2ccccc2)C2CC2)OC1(C)C. The molecule has 2 fully saturated rings. The molecule has 1 aliphatic heterocycles. The lowest BCUT2D eigenvalue weighted by molar-refractivity contribution is 0.00578. The topological polar surface area (TPSA) is 18.5 Å². The van der Waals surface area contributed by atoms with Gasteiger partial charge in [0.2, 0.25) is 0 Å². The maximum absolute atomic E-state index is 6.26. The fraction of sp³-hybridized carbons (Fsp3) is 0.625. The molecule has 1 atom stereocenters. The predicted molar refractivity (Wildman–Crippen MR) is 78.0 cm³/mol. The van der Waals surface area contributed by atoms with Crippen LogP contribution in [0.15, 0.2) is 30.3 Å². The molecule has 0 spiro atoms. The van der Waals surface area contributed by atoms with Crippen molar-refractivity contribution < 1.29 is 9.31 Å². The molecule has 1 saturated carbocycles. The zero-order valence-corrected chi connectivity index (χ0v) is 12.3. The summed E-state index contributed by atoms with van der Waals surface area (Å²) >= 11 is 0. The van der Waals surface area contributed by atoms with Gasteiger partial charge in [-0.3, -0.25) is 0 Å². The Balaban J connectivity index is 1.87. The van der Waals surface area contributed by atoms with E-state index in [0.717, 1.165) is 5.92 Å². The molecule has 0 radical (unpaired) electrons. The van der Waals surface area contributed by atoms with Crippen molar-refractivity contribution in [1.82, 2.24) is 0 Å². The van der Waals surface area contributed by atoms with Crippen LogP contribution >= 0.6 is 0 Å². The Hall–Kier alpha value is -0.795. The monoisotopic (exact) mass is 258 g/mol. The second kappa shape index (κ2) is 4.36. The molecule has 3 rings (SSSR count). The van der Waals surface area contributed by atoms with Crippen molar-refractivity contribution in [2.45, 2.75) is 57.6 Å². The predicted octanol–water partition coefficient (Wildman–Crippen LogP) is 3.81. The highest BCUT2D eigenvalue weighted by molar-refractivity contribution is 6.47. The summed E-state index contributed by atoms with van der Waals surface area (Å²) in [6.07, 6.45) is 2.59. The highest BCUT2D eigenvalue weighted by atomic mass is 16.7. The minimum Gasteiger partial charge on any atom is -0.403 e. The maximum Gasteiger partial charge on any atom is 0.466 e. The van der Waals surface area contributed by atoms with Gasteiger partial charge in [-0.1, -0.05) is 43.2 Å². The summed E-state index contributed by atoms with van der Waals surface area (Å²) < 4.78 is 12.5. The molecule has 0 aromatic heterocycles. The van der Waals surface area contributed by atoms with E-state index in [0.29, 0.717) is 5.82 Å². The molecular formula is C16H23BO2. The van der Waals surface area contributed by atoms with Crippen molar-refractivity contribution in [1.29, 1.82) is 0 Å². The van der Waals surface area contributed by atoms with Crippen LogP contribution in [0.3, 0.4) is 0 Å². The average molecular weight is 258 g/mol. The van der Waals surface area contributed by atoms with E-state index in [2.05, 4.69) is 58.0 Å². The van der Waals surface area contributed by atoms with Crippen molar-refractivity contribution in [3.63, 3.8) is 0 Å². The van der Waals surface area contributed by atoms with E-state index < -0.39 is 0 Å². The van der Waals surface area contributed by atoms with E-state index in [1.165, 1.54) is 18.4 Å². The summed E-state index contributed by atoms with van der Waals surface area (Å²) in [6, 6.07) is 10.7. The first-order chi connectivity index (χ1) is 8.91. The van der Waals surface area contributed by atoms with E-state index >= 15 is 0 Å². The Labute approximate surface area is 116 Å². The lowest BCUT2D eigenvalue weighted by atomic mass is 9.65. The van der Waals surface area contributed by atoms with Gasteiger partial charge in [-0.15, -0.1) is 0 Å². The molecule has 2 nitrogen and oxygen atoms in total. The summed E-state index contributed by atoms with van der Waals surface area (Å²) in [4.78, 5) is 0. The van der Waals surface area contributed by atoms with Crippen LogP contribution in [0.4, 0.5) is 0 Å². The van der Waals surface area contributed by atoms with Gasteiger partial charge in [0.25, 0.3) is 0 Å². The highest BCUT2D eigenvalue weighted by Gasteiger charge is 2.56. The van der Waals surface area contributed by atoms with Crippen molar-refractivity contribution >= 4 is 7.12 Å². The summed E-state index contributed by atoms with van der Waals surface area (Å²) in [7, 11) is -0.111. The molecule has 0 amide bonds. The normalized spacial score (nSPS) is 26.4. The largest absolute Gasteiger partial charge is 0.466 e. The fourth-order valence-electron chi connectivity index (χ4n) is 2.82. The summed E-state index contributed by atoms with van der Waals surface area (Å²) in [5.41, 5.74) is 0.877. The summed E-state index contributed by atoms with van der Waals surface area (Å²) in [6.45, 7) is 8.51. The molecule has 1 heterocycles. The molecular weight excluding hydrogens is 235 g/mol. The maximum atomic E-state index is 6.26. The first kappa shape index (κ1) is 13.2. The minimum atomic E-state index is -0.237. The highest BCUT2D eigenvalue weighted by Crippen LogP contribution is 2.49. The Morgan fingerprint density at radius 2 is 1.53 bits per heavy atom. The molecule has 3 heteroatoms.